The zero-order chi connectivity index (χ0) is 25.4. The Balaban J connectivity index is 2.25. The van der Waals surface area contributed by atoms with E-state index in [-0.39, 0.29) is 29.2 Å². The number of nitrogens with one attached hydrogen (secondary N) is 2. The quantitative estimate of drug-likeness (QED) is 0.388. The smallest absolute Gasteiger partial charge is 0.287 e. The fraction of sp³-hybridized carbons (Fsp3) is 0.304. The number of hydrogen-bond acceptors (Lipinski definition) is 6. The number of sulfonamides is 1. The van der Waals surface area contributed by atoms with Crippen molar-refractivity contribution in [2.45, 2.75) is 40.2 Å². The van der Waals surface area contributed by atoms with Crippen molar-refractivity contribution in [3.8, 4) is 0 Å². The van der Waals surface area contributed by atoms with Gasteiger partial charge in [0.15, 0.2) is 0 Å². The van der Waals surface area contributed by atoms with Crippen LogP contribution in [0.3, 0.4) is 0 Å². The van der Waals surface area contributed by atoms with Crippen molar-refractivity contribution in [1.82, 2.24) is 14.5 Å². The summed E-state index contributed by atoms with van der Waals surface area (Å²) < 4.78 is 40.4. The zero-order valence-electron chi connectivity index (χ0n) is 19.4. The maximum Gasteiger partial charge on any atom is 0.329 e. The number of anilines is 1. The minimum atomic E-state index is -3.73. The number of H-pyrrole nitrogens is 1. The number of aromatic amines is 1. The highest BCUT2D eigenvalue weighted by atomic mass is 32.2. The van der Waals surface area contributed by atoms with Gasteiger partial charge in [-0.1, -0.05) is 31.0 Å². The first kappa shape index (κ1) is 25.0. The van der Waals surface area contributed by atoms with Crippen LogP contribution in [0.25, 0.3) is 0 Å². The number of nitrogens with zero attached hydrogens (tertiary/aromatic N) is 2. The SMILES string of the molecule is Cc1cc(C)cc(C(=O)c2c(C(C)C)c(=O)[nH]c(=O)n2Cc2cc(F)nc(NS(C)(=O)=O)c2)c1. The molecule has 0 atom stereocenters. The lowest BCUT2D eigenvalue weighted by Crippen LogP contribution is -2.38. The number of hydrogen-bond donors (Lipinski definition) is 2. The molecule has 0 amide bonds. The van der Waals surface area contributed by atoms with E-state index in [1.807, 2.05) is 19.9 Å². The third kappa shape index (κ3) is 5.66. The van der Waals surface area contributed by atoms with Gasteiger partial charge in [-0.3, -0.25) is 23.9 Å². The molecule has 0 fully saturated rings. The monoisotopic (exact) mass is 488 g/mol. The Hall–Kier alpha value is -3.60. The Morgan fingerprint density at radius 1 is 1.12 bits per heavy atom. The Morgan fingerprint density at radius 2 is 1.74 bits per heavy atom. The van der Waals surface area contributed by atoms with Gasteiger partial charge in [-0.05, 0) is 49.6 Å². The molecular weight excluding hydrogens is 463 g/mol. The molecule has 0 aliphatic carbocycles. The number of halogens is 1. The molecule has 2 N–H and O–H groups in total. The summed E-state index contributed by atoms with van der Waals surface area (Å²) in [5, 5.41) is 0. The number of pyridine rings is 1. The van der Waals surface area contributed by atoms with E-state index >= 15 is 0 Å². The predicted molar refractivity (Wildman–Crippen MR) is 127 cm³/mol. The predicted octanol–water partition coefficient (Wildman–Crippen LogP) is 2.46. The molecule has 11 heteroatoms. The van der Waals surface area contributed by atoms with E-state index in [1.165, 1.54) is 6.07 Å². The van der Waals surface area contributed by atoms with Gasteiger partial charge in [0.05, 0.1) is 12.8 Å². The van der Waals surface area contributed by atoms with Crippen LogP contribution >= 0.6 is 0 Å². The van der Waals surface area contributed by atoms with Crippen molar-refractivity contribution < 1.29 is 17.6 Å². The van der Waals surface area contributed by atoms with Gasteiger partial charge in [-0.25, -0.2) is 18.2 Å². The van der Waals surface area contributed by atoms with Crippen LogP contribution in [-0.4, -0.2) is 35.0 Å². The van der Waals surface area contributed by atoms with E-state index in [2.05, 4.69) is 14.7 Å². The number of ketones is 1. The van der Waals surface area contributed by atoms with Crippen LogP contribution in [0.5, 0.6) is 0 Å². The van der Waals surface area contributed by atoms with Gasteiger partial charge >= 0.3 is 5.69 Å². The van der Waals surface area contributed by atoms with Crippen molar-refractivity contribution in [3.05, 3.63) is 90.6 Å². The molecule has 2 aromatic heterocycles. The molecule has 0 saturated heterocycles. The highest BCUT2D eigenvalue weighted by molar-refractivity contribution is 7.92. The summed E-state index contributed by atoms with van der Waals surface area (Å²) in [7, 11) is -3.73. The summed E-state index contributed by atoms with van der Waals surface area (Å²) in [6, 6.07) is 7.49. The summed E-state index contributed by atoms with van der Waals surface area (Å²) in [5.74, 6) is -2.19. The fourth-order valence-electron chi connectivity index (χ4n) is 3.83. The molecule has 0 bridgehead atoms. The van der Waals surface area contributed by atoms with E-state index in [1.54, 1.807) is 26.0 Å². The number of carbonyl (C=O) groups is 1. The molecule has 2 heterocycles. The molecule has 0 unspecified atom stereocenters. The van der Waals surface area contributed by atoms with E-state index in [0.717, 1.165) is 28.0 Å². The van der Waals surface area contributed by atoms with Crippen LogP contribution in [0.15, 0.2) is 39.9 Å². The van der Waals surface area contributed by atoms with Gasteiger partial charge in [0, 0.05) is 11.1 Å². The largest absolute Gasteiger partial charge is 0.329 e. The Labute approximate surface area is 195 Å². The zero-order valence-corrected chi connectivity index (χ0v) is 20.2. The summed E-state index contributed by atoms with van der Waals surface area (Å²) >= 11 is 0. The van der Waals surface area contributed by atoms with E-state index in [0.29, 0.717) is 5.56 Å². The van der Waals surface area contributed by atoms with Gasteiger partial charge in [0.2, 0.25) is 21.8 Å². The number of rotatable bonds is 7. The first-order chi connectivity index (χ1) is 15.7. The van der Waals surface area contributed by atoms with Crippen molar-refractivity contribution >= 4 is 21.6 Å². The first-order valence-corrected chi connectivity index (χ1v) is 12.3. The second-order valence-electron chi connectivity index (χ2n) is 8.53. The minimum Gasteiger partial charge on any atom is -0.287 e. The lowest BCUT2D eigenvalue weighted by atomic mass is 9.95. The van der Waals surface area contributed by atoms with Crippen molar-refractivity contribution in [2.24, 2.45) is 0 Å². The van der Waals surface area contributed by atoms with Crippen molar-refractivity contribution in [1.29, 1.82) is 0 Å². The van der Waals surface area contributed by atoms with Crippen LogP contribution in [0.1, 0.15) is 58.1 Å². The van der Waals surface area contributed by atoms with E-state index < -0.39 is 38.9 Å². The number of aryl methyl sites for hydroxylation is 2. The lowest BCUT2D eigenvalue weighted by Gasteiger charge is -2.18. The molecule has 0 spiro atoms. The van der Waals surface area contributed by atoms with Crippen LogP contribution < -0.4 is 16.0 Å². The molecule has 0 aliphatic rings. The van der Waals surface area contributed by atoms with Crippen molar-refractivity contribution in [2.75, 3.05) is 11.0 Å². The summed E-state index contributed by atoms with van der Waals surface area (Å²) in [4.78, 5) is 44.9. The molecule has 180 valence electrons. The highest BCUT2D eigenvalue weighted by Gasteiger charge is 2.25. The Kier molecular flexibility index (Phi) is 6.87. The average molecular weight is 489 g/mol. The van der Waals surface area contributed by atoms with E-state index in [9.17, 15) is 27.2 Å². The lowest BCUT2D eigenvalue weighted by molar-refractivity contribution is 0.102. The highest BCUT2D eigenvalue weighted by Crippen LogP contribution is 2.21. The number of benzene rings is 1. The second kappa shape index (κ2) is 9.34. The summed E-state index contributed by atoms with van der Waals surface area (Å²) in [6.07, 6.45) is 0.890. The topological polar surface area (TPSA) is 131 Å². The maximum absolute atomic E-state index is 14.1. The second-order valence-corrected chi connectivity index (χ2v) is 10.3. The number of aromatic nitrogens is 3. The first-order valence-electron chi connectivity index (χ1n) is 10.4. The standard InChI is InChI=1S/C23H25FN4O5S/c1-12(2)19-20(21(29)16-7-13(3)6-14(4)8-16)28(23(31)26-22(19)30)11-15-9-17(24)25-18(10-15)27-34(5,32)33/h6-10,12H,11H2,1-5H3,(H,25,27)(H,26,30,31). The molecule has 1 aromatic carbocycles. The van der Waals surface area contributed by atoms with Gasteiger partial charge < -0.3 is 0 Å². The maximum atomic E-state index is 14.1. The molecule has 34 heavy (non-hydrogen) atoms. The van der Waals surface area contributed by atoms with Crippen molar-refractivity contribution in [3.63, 3.8) is 0 Å². The molecule has 0 saturated carbocycles. The van der Waals surface area contributed by atoms with Gasteiger partial charge in [0.25, 0.3) is 5.56 Å². The average Bonchev–Trinajstić information content (AvgIpc) is 2.66. The van der Waals surface area contributed by atoms with Gasteiger partial charge in [-0.15, -0.1) is 0 Å². The summed E-state index contributed by atoms with van der Waals surface area (Å²) in [6.45, 7) is 6.79. The third-order valence-corrected chi connectivity index (χ3v) is 5.58. The normalized spacial score (nSPS) is 11.6. The molecule has 3 aromatic rings. The Bertz CT molecular complexity index is 1490. The molecule has 0 radical (unpaired) electrons. The fourth-order valence-corrected chi connectivity index (χ4v) is 4.31. The van der Waals surface area contributed by atoms with E-state index in [4.69, 9.17) is 0 Å². The third-order valence-electron chi connectivity index (χ3n) is 5.00. The molecule has 3 rings (SSSR count). The molecular formula is C23H25FN4O5S. The van der Waals surface area contributed by atoms with Crippen LogP contribution in [0, 0.1) is 19.8 Å². The summed E-state index contributed by atoms with van der Waals surface area (Å²) in [5.41, 5.74) is 0.620. The van der Waals surface area contributed by atoms with Crippen LogP contribution in [0.2, 0.25) is 0 Å². The van der Waals surface area contributed by atoms with Gasteiger partial charge in [0.1, 0.15) is 11.5 Å². The van der Waals surface area contributed by atoms with Crippen LogP contribution in [-0.2, 0) is 16.6 Å². The number of carbonyl (C=O) groups excluding carboxylic acids is 1. The van der Waals surface area contributed by atoms with Gasteiger partial charge in [-0.2, -0.15) is 4.39 Å². The molecule has 9 nitrogen and oxygen atoms in total. The Morgan fingerprint density at radius 3 is 2.29 bits per heavy atom. The van der Waals surface area contributed by atoms with Crippen LogP contribution in [0.4, 0.5) is 10.2 Å². The minimum absolute atomic E-state index is 0.108. The molecule has 0 aliphatic heterocycles.